The topological polar surface area (TPSA) is 57.7 Å². The van der Waals surface area contributed by atoms with E-state index in [0.29, 0.717) is 41.5 Å². The molecule has 2 aliphatic rings. The van der Waals surface area contributed by atoms with Crippen molar-refractivity contribution < 1.29 is 13.2 Å². The third-order valence-electron chi connectivity index (χ3n) is 5.63. The van der Waals surface area contributed by atoms with E-state index in [1.54, 1.807) is 18.2 Å². The van der Waals surface area contributed by atoms with Crippen molar-refractivity contribution >= 4 is 44.8 Å². The maximum Gasteiger partial charge on any atom is 0.231 e. The van der Waals surface area contributed by atoms with Crippen molar-refractivity contribution in [3.05, 3.63) is 63.6 Å². The van der Waals surface area contributed by atoms with Crippen LogP contribution >= 0.6 is 23.2 Å². The number of para-hydroxylation sites is 1. The fourth-order valence-electron chi connectivity index (χ4n) is 4.11. The third-order valence-corrected chi connectivity index (χ3v) is 8.01. The first kappa shape index (κ1) is 20.7. The van der Waals surface area contributed by atoms with E-state index in [4.69, 9.17) is 23.2 Å². The van der Waals surface area contributed by atoms with Crippen molar-refractivity contribution in [2.24, 2.45) is 5.92 Å². The highest BCUT2D eigenvalue weighted by Crippen LogP contribution is 2.32. The minimum atomic E-state index is -3.59. The summed E-state index contributed by atoms with van der Waals surface area (Å²) in [6.07, 6.45) is 2.20. The molecule has 2 heterocycles. The van der Waals surface area contributed by atoms with E-state index in [9.17, 15) is 13.2 Å². The molecule has 8 heteroatoms. The van der Waals surface area contributed by atoms with Gasteiger partial charge in [-0.15, -0.1) is 0 Å². The zero-order chi connectivity index (χ0) is 20.6. The molecule has 0 N–H and O–H groups in total. The van der Waals surface area contributed by atoms with Crippen molar-refractivity contribution in [2.45, 2.75) is 25.0 Å². The van der Waals surface area contributed by atoms with Gasteiger partial charge < -0.3 is 4.90 Å². The predicted octanol–water partition coefficient (Wildman–Crippen LogP) is 4.12. The second-order valence-corrected chi connectivity index (χ2v) is 10.4. The highest BCUT2D eigenvalue weighted by molar-refractivity contribution is 7.88. The monoisotopic (exact) mass is 452 g/mol. The summed E-state index contributed by atoms with van der Waals surface area (Å²) in [5.41, 5.74) is 2.63. The number of amides is 1. The molecule has 0 aromatic heterocycles. The van der Waals surface area contributed by atoms with Gasteiger partial charge in [-0.3, -0.25) is 4.79 Å². The Bertz CT molecular complexity index is 1040. The molecule has 1 amide bonds. The Hall–Kier alpha value is -1.60. The first-order valence-corrected chi connectivity index (χ1v) is 12.0. The smallest absolute Gasteiger partial charge is 0.231 e. The zero-order valence-electron chi connectivity index (χ0n) is 15.9. The SMILES string of the molecule is O=C([C@H]1CCCN(S(=O)(=O)Cc2ccc(Cl)cc2Cl)C1)N1CCc2ccccc21. The van der Waals surface area contributed by atoms with Crippen LogP contribution in [0.4, 0.5) is 5.69 Å². The van der Waals surface area contributed by atoms with Crippen LogP contribution < -0.4 is 4.90 Å². The lowest BCUT2D eigenvalue weighted by molar-refractivity contribution is -0.123. The normalized spacial score (nSPS) is 19.9. The van der Waals surface area contributed by atoms with Gasteiger partial charge in [-0.2, -0.15) is 0 Å². The molecule has 2 aromatic carbocycles. The molecular formula is C21H22Cl2N2O3S. The van der Waals surface area contributed by atoms with Crippen molar-refractivity contribution in [3.63, 3.8) is 0 Å². The average molecular weight is 453 g/mol. The molecule has 0 aliphatic carbocycles. The summed E-state index contributed by atoms with van der Waals surface area (Å²) in [5, 5.41) is 0.796. The molecule has 1 saturated heterocycles. The van der Waals surface area contributed by atoms with Crippen molar-refractivity contribution in [3.8, 4) is 0 Å². The van der Waals surface area contributed by atoms with Crippen molar-refractivity contribution in [1.29, 1.82) is 0 Å². The van der Waals surface area contributed by atoms with E-state index in [1.165, 1.54) is 9.87 Å². The van der Waals surface area contributed by atoms with Gasteiger partial charge in [0.25, 0.3) is 0 Å². The summed E-state index contributed by atoms with van der Waals surface area (Å²) < 4.78 is 27.4. The van der Waals surface area contributed by atoms with Crippen LogP contribution in [0, 0.1) is 5.92 Å². The number of nitrogens with zero attached hydrogens (tertiary/aromatic N) is 2. The second-order valence-electron chi connectivity index (χ2n) is 7.56. The number of anilines is 1. The minimum Gasteiger partial charge on any atom is -0.312 e. The number of hydrogen-bond donors (Lipinski definition) is 0. The Morgan fingerprint density at radius 2 is 1.90 bits per heavy atom. The highest BCUT2D eigenvalue weighted by atomic mass is 35.5. The zero-order valence-corrected chi connectivity index (χ0v) is 18.2. The van der Waals surface area contributed by atoms with Crippen molar-refractivity contribution in [2.75, 3.05) is 24.5 Å². The fraction of sp³-hybridized carbons (Fsp3) is 0.381. The largest absolute Gasteiger partial charge is 0.312 e. The Labute approximate surface area is 181 Å². The van der Waals surface area contributed by atoms with Gasteiger partial charge in [-0.25, -0.2) is 12.7 Å². The number of carbonyl (C=O) groups is 1. The van der Waals surface area contributed by atoms with Crippen LogP contribution in [-0.2, 0) is 27.0 Å². The van der Waals surface area contributed by atoms with Gasteiger partial charge in [0.2, 0.25) is 15.9 Å². The quantitative estimate of drug-likeness (QED) is 0.700. The van der Waals surface area contributed by atoms with Crippen LogP contribution in [0.25, 0.3) is 0 Å². The molecule has 154 valence electrons. The van der Waals surface area contributed by atoms with Crippen LogP contribution in [0.15, 0.2) is 42.5 Å². The summed E-state index contributed by atoms with van der Waals surface area (Å²) in [6.45, 7) is 1.29. The van der Waals surface area contributed by atoms with Crippen LogP contribution in [0.3, 0.4) is 0 Å². The van der Waals surface area contributed by atoms with E-state index in [0.717, 1.165) is 12.1 Å². The van der Waals surface area contributed by atoms with Crippen LogP contribution in [-0.4, -0.2) is 38.3 Å². The van der Waals surface area contributed by atoms with Crippen LogP contribution in [0.2, 0.25) is 10.0 Å². The number of benzene rings is 2. The van der Waals surface area contributed by atoms with Gasteiger partial charge >= 0.3 is 0 Å². The van der Waals surface area contributed by atoms with Crippen molar-refractivity contribution in [1.82, 2.24) is 4.31 Å². The molecule has 0 unspecified atom stereocenters. The van der Waals surface area contributed by atoms with Crippen LogP contribution in [0.1, 0.15) is 24.0 Å². The fourth-order valence-corrected chi connectivity index (χ4v) is 6.31. The summed E-state index contributed by atoms with van der Waals surface area (Å²) in [5.74, 6) is -0.513. The first-order chi connectivity index (χ1) is 13.8. The molecule has 0 spiro atoms. The van der Waals surface area contributed by atoms with Gasteiger partial charge in [-0.05, 0) is 48.6 Å². The molecule has 5 nitrogen and oxygen atoms in total. The Morgan fingerprint density at radius 1 is 1.10 bits per heavy atom. The molecular weight excluding hydrogens is 431 g/mol. The maximum absolute atomic E-state index is 13.2. The summed E-state index contributed by atoms with van der Waals surface area (Å²) in [7, 11) is -3.59. The highest BCUT2D eigenvalue weighted by Gasteiger charge is 2.36. The summed E-state index contributed by atoms with van der Waals surface area (Å²) in [4.78, 5) is 15.0. The van der Waals surface area contributed by atoms with E-state index >= 15 is 0 Å². The van der Waals surface area contributed by atoms with Gasteiger partial charge in [0.05, 0.1) is 11.7 Å². The Balaban J connectivity index is 1.48. The van der Waals surface area contributed by atoms with Gasteiger partial charge in [0.15, 0.2) is 0 Å². The number of rotatable bonds is 4. The average Bonchev–Trinajstić information content (AvgIpc) is 3.14. The number of piperidine rings is 1. The Kier molecular flexibility index (Phi) is 5.89. The van der Waals surface area contributed by atoms with Gasteiger partial charge in [-0.1, -0.05) is 47.5 Å². The summed E-state index contributed by atoms with van der Waals surface area (Å²) in [6, 6.07) is 12.7. The lowest BCUT2D eigenvalue weighted by Gasteiger charge is -2.33. The predicted molar refractivity (Wildman–Crippen MR) is 116 cm³/mol. The number of halogens is 2. The number of hydrogen-bond acceptors (Lipinski definition) is 3. The second kappa shape index (κ2) is 8.26. The maximum atomic E-state index is 13.2. The third kappa shape index (κ3) is 4.31. The molecule has 1 atom stereocenters. The van der Waals surface area contributed by atoms with E-state index in [-0.39, 0.29) is 24.1 Å². The number of carbonyl (C=O) groups excluding carboxylic acids is 1. The molecule has 4 rings (SSSR count). The molecule has 2 aromatic rings. The molecule has 0 bridgehead atoms. The lowest BCUT2D eigenvalue weighted by Crippen LogP contribution is -2.46. The standard InChI is InChI=1S/C21H22Cl2N2O3S/c22-18-8-7-17(19(23)12-18)14-29(27,28)24-10-3-5-16(13-24)21(26)25-11-9-15-4-1-2-6-20(15)25/h1-2,4,6-8,12,16H,3,5,9-11,13-14H2/t16-/m0/s1. The molecule has 29 heavy (non-hydrogen) atoms. The molecule has 0 saturated carbocycles. The minimum absolute atomic E-state index is 0.0133. The summed E-state index contributed by atoms with van der Waals surface area (Å²) >= 11 is 12.1. The van der Waals surface area contributed by atoms with E-state index in [1.807, 2.05) is 29.2 Å². The molecule has 0 radical (unpaired) electrons. The van der Waals surface area contributed by atoms with E-state index < -0.39 is 10.0 Å². The van der Waals surface area contributed by atoms with Gasteiger partial charge in [0, 0.05) is 35.4 Å². The first-order valence-electron chi connectivity index (χ1n) is 9.66. The van der Waals surface area contributed by atoms with Crippen LogP contribution in [0.5, 0.6) is 0 Å². The lowest BCUT2D eigenvalue weighted by atomic mass is 9.98. The Morgan fingerprint density at radius 3 is 2.69 bits per heavy atom. The molecule has 2 aliphatic heterocycles. The number of fused-ring (bicyclic) bond motifs is 1. The number of sulfonamides is 1. The molecule has 1 fully saturated rings. The van der Waals surface area contributed by atoms with E-state index in [2.05, 4.69) is 0 Å². The van der Waals surface area contributed by atoms with Gasteiger partial charge in [0.1, 0.15) is 0 Å².